The number of aromatic nitrogens is 1. The maximum absolute atomic E-state index is 11.7. The topological polar surface area (TPSA) is 66.9 Å². The van der Waals surface area contributed by atoms with Gasteiger partial charge in [-0.15, -0.1) is 11.3 Å². The molecule has 1 aliphatic rings. The number of fused-ring (bicyclic) bond motifs is 1. The predicted octanol–water partition coefficient (Wildman–Crippen LogP) is 2.64. The van der Waals surface area contributed by atoms with Crippen molar-refractivity contribution in [2.75, 3.05) is 21.0 Å². The maximum Gasteiger partial charge on any atom is 0.349 e. The quantitative estimate of drug-likeness (QED) is 0.812. The number of carbonyl (C=O) groups excluding carboxylic acids is 1. The van der Waals surface area contributed by atoms with Crippen LogP contribution >= 0.6 is 11.3 Å². The molecule has 0 radical (unpaired) electrons. The third kappa shape index (κ3) is 2.29. The highest BCUT2D eigenvalue weighted by atomic mass is 32.1. The van der Waals surface area contributed by atoms with Crippen LogP contribution in [0.1, 0.15) is 15.4 Å². The van der Waals surface area contributed by atoms with Gasteiger partial charge in [0.1, 0.15) is 9.88 Å². The van der Waals surface area contributed by atoms with Gasteiger partial charge >= 0.3 is 5.97 Å². The molecule has 0 fully saturated rings. The Balaban J connectivity index is 2.07. The summed E-state index contributed by atoms with van der Waals surface area (Å²) in [6.45, 7) is 1.94. The van der Waals surface area contributed by atoms with E-state index >= 15 is 0 Å². The fourth-order valence-electron chi connectivity index (χ4n) is 2.06. The fraction of sp³-hybridized carbons (Fsp3) is 0.286. The number of aryl methyl sites for hydroxylation is 1. The van der Waals surface area contributed by atoms with Crippen LogP contribution < -0.4 is 14.2 Å². The smallest absolute Gasteiger partial charge is 0.349 e. The molecule has 7 heteroatoms. The van der Waals surface area contributed by atoms with E-state index in [0.717, 1.165) is 5.56 Å². The molecule has 0 N–H and O–H groups in total. The van der Waals surface area contributed by atoms with Crippen molar-refractivity contribution in [1.82, 2.24) is 4.98 Å². The summed E-state index contributed by atoms with van der Waals surface area (Å²) in [5, 5.41) is 0.699. The number of methoxy groups -OCH3 is 2. The number of carbonyl (C=O) groups is 1. The molecule has 0 amide bonds. The molecule has 6 nitrogen and oxygen atoms in total. The lowest BCUT2D eigenvalue weighted by Crippen LogP contribution is -1.99. The van der Waals surface area contributed by atoms with Gasteiger partial charge in [-0.3, -0.25) is 0 Å². The minimum atomic E-state index is -0.385. The zero-order chi connectivity index (χ0) is 15.0. The first-order valence-corrected chi connectivity index (χ1v) is 6.99. The Hall–Kier alpha value is -2.28. The Labute approximate surface area is 125 Å². The first kappa shape index (κ1) is 13.7. The number of benzene rings is 1. The molecular weight excluding hydrogens is 294 g/mol. The monoisotopic (exact) mass is 307 g/mol. The second-order valence-corrected chi connectivity index (χ2v) is 5.34. The van der Waals surface area contributed by atoms with Crippen LogP contribution in [-0.2, 0) is 4.74 Å². The molecule has 0 unspecified atom stereocenters. The maximum atomic E-state index is 11.7. The molecule has 0 saturated carbocycles. The molecule has 1 aromatic heterocycles. The minimum absolute atomic E-state index is 0.166. The van der Waals surface area contributed by atoms with Gasteiger partial charge in [-0.2, -0.15) is 0 Å². The first-order valence-electron chi connectivity index (χ1n) is 6.17. The number of ether oxygens (including phenoxy) is 4. The number of thiazole rings is 1. The molecular formula is C14H13NO5S. The lowest BCUT2D eigenvalue weighted by Gasteiger charge is -2.06. The average molecular weight is 307 g/mol. The molecule has 2 heterocycles. The molecule has 110 valence electrons. The van der Waals surface area contributed by atoms with Gasteiger partial charge < -0.3 is 18.9 Å². The van der Waals surface area contributed by atoms with E-state index in [2.05, 4.69) is 4.98 Å². The molecule has 21 heavy (non-hydrogen) atoms. The van der Waals surface area contributed by atoms with Crippen LogP contribution in [0.4, 0.5) is 0 Å². The highest BCUT2D eigenvalue weighted by molar-refractivity contribution is 7.17. The standard InChI is InChI=1S/C14H13NO5S/c1-7-12(14(16)18-3)21-13(15-7)8-4-9(17-2)11-10(5-8)19-6-20-11/h4-5H,6H2,1-3H3. The van der Waals surface area contributed by atoms with E-state index in [4.69, 9.17) is 18.9 Å². The summed E-state index contributed by atoms with van der Waals surface area (Å²) in [5.74, 6) is 1.39. The van der Waals surface area contributed by atoms with Gasteiger partial charge in [0.2, 0.25) is 12.5 Å². The largest absolute Gasteiger partial charge is 0.493 e. The molecule has 0 aliphatic carbocycles. The highest BCUT2D eigenvalue weighted by Crippen LogP contribution is 2.45. The number of rotatable bonds is 3. The van der Waals surface area contributed by atoms with Crippen LogP contribution in [-0.4, -0.2) is 32.0 Å². The van der Waals surface area contributed by atoms with E-state index in [1.54, 1.807) is 14.0 Å². The average Bonchev–Trinajstić information content (AvgIpc) is 3.11. The first-order chi connectivity index (χ1) is 10.1. The van der Waals surface area contributed by atoms with Crippen molar-refractivity contribution >= 4 is 17.3 Å². The van der Waals surface area contributed by atoms with Crippen LogP contribution in [0.15, 0.2) is 12.1 Å². The second kappa shape index (κ2) is 5.25. The fourth-order valence-corrected chi connectivity index (χ4v) is 3.03. The predicted molar refractivity (Wildman–Crippen MR) is 76.3 cm³/mol. The zero-order valence-electron chi connectivity index (χ0n) is 11.8. The second-order valence-electron chi connectivity index (χ2n) is 4.34. The van der Waals surface area contributed by atoms with Crippen LogP contribution in [0, 0.1) is 6.92 Å². The van der Waals surface area contributed by atoms with E-state index in [9.17, 15) is 4.79 Å². The summed E-state index contributed by atoms with van der Waals surface area (Å²) in [4.78, 5) is 16.6. The molecule has 0 spiro atoms. The SMILES string of the molecule is COC(=O)c1sc(-c2cc(OC)c3c(c2)OCO3)nc1C. The van der Waals surface area contributed by atoms with Crippen LogP contribution in [0.2, 0.25) is 0 Å². The summed E-state index contributed by atoms with van der Waals surface area (Å²) in [5.41, 5.74) is 1.44. The Morgan fingerprint density at radius 3 is 2.86 bits per heavy atom. The molecule has 3 rings (SSSR count). The number of esters is 1. The number of nitrogens with zero attached hydrogens (tertiary/aromatic N) is 1. The van der Waals surface area contributed by atoms with E-state index in [1.807, 2.05) is 12.1 Å². The van der Waals surface area contributed by atoms with Gasteiger partial charge in [0.05, 0.1) is 19.9 Å². The van der Waals surface area contributed by atoms with Crippen molar-refractivity contribution in [3.8, 4) is 27.8 Å². The Morgan fingerprint density at radius 1 is 1.33 bits per heavy atom. The van der Waals surface area contributed by atoms with E-state index in [0.29, 0.717) is 32.8 Å². The van der Waals surface area contributed by atoms with Crippen molar-refractivity contribution in [2.24, 2.45) is 0 Å². The van der Waals surface area contributed by atoms with E-state index in [1.165, 1.54) is 18.4 Å². The molecule has 1 aliphatic heterocycles. The summed E-state index contributed by atoms with van der Waals surface area (Å²) < 4.78 is 20.8. The minimum Gasteiger partial charge on any atom is -0.493 e. The van der Waals surface area contributed by atoms with Gasteiger partial charge in [0.15, 0.2) is 11.5 Å². The van der Waals surface area contributed by atoms with Crippen LogP contribution in [0.5, 0.6) is 17.2 Å². The molecule has 0 bridgehead atoms. The van der Waals surface area contributed by atoms with Gasteiger partial charge in [-0.05, 0) is 19.1 Å². The van der Waals surface area contributed by atoms with Crippen molar-refractivity contribution in [1.29, 1.82) is 0 Å². The van der Waals surface area contributed by atoms with Crippen LogP contribution in [0.25, 0.3) is 10.6 Å². The summed E-state index contributed by atoms with van der Waals surface area (Å²) in [7, 11) is 2.92. The molecule has 0 atom stereocenters. The summed E-state index contributed by atoms with van der Waals surface area (Å²) >= 11 is 1.27. The lowest BCUT2D eigenvalue weighted by atomic mass is 10.2. The number of hydrogen-bond donors (Lipinski definition) is 0. The lowest BCUT2D eigenvalue weighted by molar-refractivity contribution is 0.0605. The highest BCUT2D eigenvalue weighted by Gasteiger charge is 2.23. The third-order valence-corrected chi connectivity index (χ3v) is 4.26. The molecule has 2 aromatic rings. The van der Waals surface area contributed by atoms with Crippen molar-refractivity contribution in [2.45, 2.75) is 6.92 Å². The summed E-state index contributed by atoms with van der Waals surface area (Å²) in [6, 6.07) is 3.64. The van der Waals surface area contributed by atoms with Gasteiger partial charge in [0.25, 0.3) is 0 Å². The zero-order valence-corrected chi connectivity index (χ0v) is 12.6. The van der Waals surface area contributed by atoms with Crippen molar-refractivity contribution < 1.29 is 23.7 Å². The van der Waals surface area contributed by atoms with E-state index in [-0.39, 0.29) is 12.8 Å². The Morgan fingerprint density at radius 2 is 2.14 bits per heavy atom. The summed E-state index contributed by atoms with van der Waals surface area (Å²) in [6.07, 6.45) is 0. The van der Waals surface area contributed by atoms with Gasteiger partial charge in [-0.25, -0.2) is 9.78 Å². The molecule has 1 aromatic carbocycles. The van der Waals surface area contributed by atoms with Gasteiger partial charge in [0, 0.05) is 5.56 Å². The van der Waals surface area contributed by atoms with Crippen molar-refractivity contribution in [3.05, 3.63) is 22.7 Å². The number of hydrogen-bond acceptors (Lipinski definition) is 7. The third-order valence-electron chi connectivity index (χ3n) is 3.07. The van der Waals surface area contributed by atoms with E-state index < -0.39 is 0 Å². The van der Waals surface area contributed by atoms with Crippen molar-refractivity contribution in [3.63, 3.8) is 0 Å². The molecule has 0 saturated heterocycles. The Bertz CT molecular complexity index is 710. The van der Waals surface area contributed by atoms with Crippen LogP contribution in [0.3, 0.4) is 0 Å². The Kier molecular flexibility index (Phi) is 3.42. The van der Waals surface area contributed by atoms with Gasteiger partial charge in [-0.1, -0.05) is 0 Å². The normalized spacial score (nSPS) is 12.3.